The third kappa shape index (κ3) is 1.35. The van der Waals surface area contributed by atoms with Gasteiger partial charge in [-0.2, -0.15) is 0 Å². The lowest BCUT2D eigenvalue weighted by Gasteiger charge is -1.97. The maximum absolute atomic E-state index is 10.5. The third-order valence-electron chi connectivity index (χ3n) is 2.18. The summed E-state index contributed by atoms with van der Waals surface area (Å²) in [4.78, 5) is 10.5. The number of hydrogen-bond donors (Lipinski definition) is 0. The molecule has 72 valence electrons. The van der Waals surface area contributed by atoms with Crippen molar-refractivity contribution in [2.45, 2.75) is 6.54 Å². The van der Waals surface area contributed by atoms with Crippen molar-refractivity contribution in [3.8, 4) is 0 Å². The van der Waals surface area contributed by atoms with Gasteiger partial charge in [0, 0.05) is 0 Å². The fraction of sp³-hybridized carbons (Fsp3) is 0.200. The lowest BCUT2D eigenvalue weighted by Crippen LogP contribution is -2.29. The summed E-state index contributed by atoms with van der Waals surface area (Å²) >= 11 is 0. The van der Waals surface area contributed by atoms with Gasteiger partial charge in [0.15, 0.2) is 11.0 Å². The second-order valence-corrected chi connectivity index (χ2v) is 3.21. The molecule has 4 nitrogen and oxygen atoms in total. The van der Waals surface area contributed by atoms with Crippen LogP contribution < -0.4 is 9.67 Å². The molecule has 0 aliphatic carbocycles. The van der Waals surface area contributed by atoms with E-state index in [0.29, 0.717) is 0 Å². The lowest BCUT2D eigenvalue weighted by molar-refractivity contribution is -0.645. The molecule has 0 amide bonds. The van der Waals surface area contributed by atoms with Crippen LogP contribution >= 0.6 is 0 Å². The normalized spacial score (nSPS) is 10.6. The van der Waals surface area contributed by atoms with Crippen LogP contribution in [0, 0.1) is 0 Å². The lowest BCUT2D eigenvalue weighted by atomic mass is 10.3. The van der Waals surface area contributed by atoms with Gasteiger partial charge in [-0.05, 0) is 12.1 Å². The Morgan fingerprint density at radius 2 is 2.21 bits per heavy atom. The first-order valence-electron chi connectivity index (χ1n) is 4.32. The molecule has 0 bridgehead atoms. The number of carbonyl (C=O) groups excluding carboxylic acids is 1. The summed E-state index contributed by atoms with van der Waals surface area (Å²) in [5.74, 6) is -1.08. The highest BCUT2D eigenvalue weighted by Crippen LogP contribution is 2.09. The molecular formula is C10H10N2O2. The molecule has 1 heterocycles. The van der Waals surface area contributed by atoms with Crippen molar-refractivity contribution in [3.05, 3.63) is 30.6 Å². The van der Waals surface area contributed by atoms with Gasteiger partial charge in [-0.15, -0.1) is 0 Å². The maximum atomic E-state index is 10.5. The molecule has 0 N–H and O–H groups in total. The minimum Gasteiger partial charge on any atom is -0.546 e. The smallest absolute Gasteiger partial charge is 0.244 e. The summed E-state index contributed by atoms with van der Waals surface area (Å²) in [6, 6.07) is 7.64. The van der Waals surface area contributed by atoms with Crippen molar-refractivity contribution in [1.82, 2.24) is 4.57 Å². The Balaban J connectivity index is 2.60. The van der Waals surface area contributed by atoms with E-state index >= 15 is 0 Å². The molecule has 4 heteroatoms. The minimum atomic E-state index is -1.08. The van der Waals surface area contributed by atoms with Gasteiger partial charge in [0.1, 0.15) is 6.54 Å². The number of carbonyl (C=O) groups is 1. The molecule has 0 saturated heterocycles. The third-order valence-corrected chi connectivity index (χ3v) is 2.18. The van der Waals surface area contributed by atoms with E-state index in [0.717, 1.165) is 11.0 Å². The molecule has 0 radical (unpaired) electrons. The van der Waals surface area contributed by atoms with E-state index in [1.165, 1.54) is 0 Å². The number of fused-ring (bicyclic) bond motifs is 1. The molecule has 0 fully saturated rings. The van der Waals surface area contributed by atoms with E-state index in [1.807, 2.05) is 35.9 Å². The predicted molar refractivity (Wildman–Crippen MR) is 48.1 cm³/mol. The number of benzene rings is 1. The van der Waals surface area contributed by atoms with Crippen LogP contribution in [0.3, 0.4) is 0 Å². The van der Waals surface area contributed by atoms with Crippen molar-refractivity contribution in [2.75, 3.05) is 0 Å². The summed E-state index contributed by atoms with van der Waals surface area (Å²) in [6.45, 7) is -0.110. The number of aliphatic carboxylic acids is 1. The summed E-state index contributed by atoms with van der Waals surface area (Å²) in [7, 11) is 1.88. The van der Waals surface area contributed by atoms with E-state index in [1.54, 1.807) is 10.9 Å². The Hall–Kier alpha value is -1.84. The molecule has 0 aliphatic rings. The molecule has 0 atom stereocenters. The zero-order valence-electron chi connectivity index (χ0n) is 7.80. The molecule has 14 heavy (non-hydrogen) atoms. The van der Waals surface area contributed by atoms with Crippen LogP contribution in [0.15, 0.2) is 30.6 Å². The second-order valence-electron chi connectivity index (χ2n) is 3.21. The zero-order valence-corrected chi connectivity index (χ0v) is 7.80. The fourth-order valence-corrected chi connectivity index (χ4v) is 1.60. The Morgan fingerprint density at radius 1 is 1.50 bits per heavy atom. The van der Waals surface area contributed by atoms with Crippen molar-refractivity contribution < 1.29 is 14.5 Å². The quantitative estimate of drug-likeness (QED) is 0.583. The van der Waals surface area contributed by atoms with Crippen LogP contribution in [-0.2, 0) is 18.4 Å². The second kappa shape index (κ2) is 3.14. The summed E-state index contributed by atoms with van der Waals surface area (Å²) in [6.07, 6.45) is 1.75. The topological polar surface area (TPSA) is 48.9 Å². The first kappa shape index (κ1) is 8.74. The first-order chi connectivity index (χ1) is 6.68. The Kier molecular flexibility index (Phi) is 1.96. The minimum absolute atomic E-state index is 0.110. The van der Waals surface area contributed by atoms with Gasteiger partial charge in [0.25, 0.3) is 0 Å². The molecule has 2 rings (SSSR count). The molecule has 1 aromatic carbocycles. The Bertz CT molecular complexity index is 488. The molecule has 0 aliphatic heterocycles. The highest BCUT2D eigenvalue weighted by molar-refractivity contribution is 5.74. The summed E-state index contributed by atoms with van der Waals surface area (Å²) in [5.41, 5.74) is 1.91. The summed E-state index contributed by atoms with van der Waals surface area (Å²) < 4.78 is 3.54. The van der Waals surface area contributed by atoms with Crippen LogP contribution in [0.25, 0.3) is 11.0 Å². The van der Waals surface area contributed by atoms with Crippen molar-refractivity contribution in [1.29, 1.82) is 0 Å². The van der Waals surface area contributed by atoms with Gasteiger partial charge in [-0.3, -0.25) is 0 Å². The number of carboxylic acids is 1. The maximum Gasteiger partial charge on any atom is 0.244 e. The molecule has 0 spiro atoms. The van der Waals surface area contributed by atoms with Crippen LogP contribution in [0.4, 0.5) is 0 Å². The summed E-state index contributed by atoms with van der Waals surface area (Å²) in [5, 5.41) is 10.5. The van der Waals surface area contributed by atoms with Gasteiger partial charge in [0.05, 0.1) is 13.0 Å². The Labute approximate surface area is 81.0 Å². The van der Waals surface area contributed by atoms with Gasteiger partial charge in [-0.1, -0.05) is 12.1 Å². The van der Waals surface area contributed by atoms with Crippen LogP contribution in [0.2, 0.25) is 0 Å². The first-order valence-corrected chi connectivity index (χ1v) is 4.32. The highest BCUT2D eigenvalue weighted by atomic mass is 16.4. The van der Waals surface area contributed by atoms with Gasteiger partial charge in [-0.25, -0.2) is 9.13 Å². The molecular weight excluding hydrogens is 180 g/mol. The van der Waals surface area contributed by atoms with E-state index in [9.17, 15) is 9.90 Å². The molecule has 0 saturated carbocycles. The number of imidazole rings is 1. The highest BCUT2D eigenvalue weighted by Gasteiger charge is 2.11. The number of aryl methyl sites for hydroxylation is 1. The Morgan fingerprint density at radius 3 is 2.93 bits per heavy atom. The number of hydrogen-bond acceptors (Lipinski definition) is 2. The number of aromatic nitrogens is 2. The van der Waals surface area contributed by atoms with E-state index < -0.39 is 5.97 Å². The molecule has 1 aromatic heterocycles. The van der Waals surface area contributed by atoms with E-state index in [4.69, 9.17) is 0 Å². The van der Waals surface area contributed by atoms with Gasteiger partial charge in [0.2, 0.25) is 6.33 Å². The standard InChI is InChI=1S/C10H10N2O2/c1-11-7-12(6-10(13)14)9-5-3-2-4-8(9)11/h2-5,7H,6H2,1H3. The van der Waals surface area contributed by atoms with Gasteiger partial charge >= 0.3 is 0 Å². The van der Waals surface area contributed by atoms with Crippen molar-refractivity contribution in [3.63, 3.8) is 0 Å². The number of nitrogens with zero attached hydrogens (tertiary/aromatic N) is 2. The zero-order chi connectivity index (χ0) is 10.1. The number of rotatable bonds is 2. The van der Waals surface area contributed by atoms with Gasteiger partial charge < -0.3 is 9.90 Å². The van der Waals surface area contributed by atoms with E-state index in [2.05, 4.69) is 0 Å². The number of carboxylic acid groups (broad SMARTS) is 1. The van der Waals surface area contributed by atoms with Crippen LogP contribution in [0.1, 0.15) is 0 Å². The largest absolute Gasteiger partial charge is 0.546 e. The fourth-order valence-electron chi connectivity index (χ4n) is 1.60. The predicted octanol–water partition coefficient (Wildman–Crippen LogP) is -0.784. The van der Waals surface area contributed by atoms with Crippen molar-refractivity contribution >= 4 is 17.0 Å². The van der Waals surface area contributed by atoms with Crippen molar-refractivity contribution in [2.24, 2.45) is 7.05 Å². The van der Waals surface area contributed by atoms with Crippen LogP contribution in [0.5, 0.6) is 0 Å². The average molecular weight is 190 g/mol. The average Bonchev–Trinajstić information content (AvgIpc) is 2.44. The van der Waals surface area contributed by atoms with E-state index in [-0.39, 0.29) is 6.54 Å². The molecule has 0 unspecified atom stereocenters. The number of para-hydroxylation sites is 2. The monoisotopic (exact) mass is 190 g/mol. The molecule has 2 aromatic rings. The van der Waals surface area contributed by atoms with Crippen LogP contribution in [-0.4, -0.2) is 10.5 Å². The SMILES string of the molecule is C[n+]1cn(CC(=O)[O-])c2ccccc21.